The SMILES string of the molecule is CCc1ccc(Cl)c(COc2ccc3c(c2)OCC32CCN(CCCC(=O)O)CC2)c1Cl.Cl. The minimum Gasteiger partial charge on any atom is -0.492 e. The van der Waals surface area contributed by atoms with Crippen molar-refractivity contribution in [2.75, 3.05) is 26.2 Å². The van der Waals surface area contributed by atoms with E-state index in [1.54, 1.807) is 0 Å². The average Bonchev–Trinajstić information content (AvgIpc) is 3.12. The van der Waals surface area contributed by atoms with Crippen molar-refractivity contribution in [2.45, 2.75) is 51.0 Å². The van der Waals surface area contributed by atoms with Crippen LogP contribution in [0.25, 0.3) is 0 Å². The first-order valence-corrected chi connectivity index (χ1v) is 12.0. The number of carbonyl (C=O) groups is 1. The van der Waals surface area contributed by atoms with Crippen molar-refractivity contribution in [2.24, 2.45) is 0 Å². The molecule has 0 amide bonds. The molecule has 0 radical (unpaired) electrons. The number of carboxylic acids is 1. The van der Waals surface area contributed by atoms with Crippen LogP contribution >= 0.6 is 35.6 Å². The van der Waals surface area contributed by atoms with Gasteiger partial charge in [-0.15, -0.1) is 12.4 Å². The lowest BCUT2D eigenvalue weighted by molar-refractivity contribution is -0.137. The lowest BCUT2D eigenvalue weighted by Crippen LogP contribution is -2.43. The molecule has 1 spiro atoms. The fourth-order valence-corrected chi connectivity index (χ4v) is 5.34. The van der Waals surface area contributed by atoms with Crippen LogP contribution < -0.4 is 9.47 Å². The summed E-state index contributed by atoms with van der Waals surface area (Å²) in [6, 6.07) is 9.92. The number of nitrogens with zero attached hydrogens (tertiary/aromatic N) is 1. The van der Waals surface area contributed by atoms with Crippen LogP contribution in [0.15, 0.2) is 30.3 Å². The summed E-state index contributed by atoms with van der Waals surface area (Å²) >= 11 is 12.9. The monoisotopic (exact) mass is 513 g/mol. The molecule has 1 fully saturated rings. The molecule has 0 aromatic heterocycles. The maximum atomic E-state index is 10.7. The largest absolute Gasteiger partial charge is 0.492 e. The number of aryl methyl sites for hydroxylation is 1. The van der Waals surface area contributed by atoms with E-state index < -0.39 is 5.97 Å². The van der Waals surface area contributed by atoms with Crippen molar-refractivity contribution in [1.29, 1.82) is 0 Å². The average molecular weight is 515 g/mol. The highest BCUT2D eigenvalue weighted by Crippen LogP contribution is 2.46. The van der Waals surface area contributed by atoms with Crippen LogP contribution in [0, 0.1) is 0 Å². The van der Waals surface area contributed by atoms with Gasteiger partial charge in [-0.3, -0.25) is 4.79 Å². The molecule has 0 atom stereocenters. The van der Waals surface area contributed by atoms with E-state index >= 15 is 0 Å². The number of carboxylic acid groups (broad SMARTS) is 1. The Bertz CT molecular complexity index is 990. The second kappa shape index (κ2) is 11.2. The molecule has 1 N–H and O–H groups in total. The van der Waals surface area contributed by atoms with Gasteiger partial charge in [-0.25, -0.2) is 0 Å². The van der Waals surface area contributed by atoms with E-state index in [9.17, 15) is 4.79 Å². The summed E-state index contributed by atoms with van der Waals surface area (Å²) in [6.45, 7) is 5.82. The number of fused-ring (bicyclic) bond motifs is 2. The highest BCUT2D eigenvalue weighted by atomic mass is 35.5. The number of halogens is 3. The molecular weight excluding hydrogens is 485 g/mol. The van der Waals surface area contributed by atoms with Crippen molar-refractivity contribution >= 4 is 41.6 Å². The first kappa shape index (κ1) is 26.0. The Hall–Kier alpha value is -1.66. The van der Waals surface area contributed by atoms with Crippen LogP contribution in [0.1, 0.15) is 49.3 Å². The molecular formula is C25H30Cl3NO4. The van der Waals surface area contributed by atoms with E-state index in [0.717, 1.165) is 61.5 Å². The zero-order valence-electron chi connectivity index (χ0n) is 18.7. The summed E-state index contributed by atoms with van der Waals surface area (Å²) in [5.41, 5.74) is 3.15. The lowest BCUT2D eigenvalue weighted by Gasteiger charge is -2.38. The molecule has 0 aliphatic carbocycles. The van der Waals surface area contributed by atoms with Crippen LogP contribution in [-0.4, -0.2) is 42.2 Å². The zero-order valence-corrected chi connectivity index (χ0v) is 21.1. The van der Waals surface area contributed by atoms with Crippen LogP contribution in [0.5, 0.6) is 11.5 Å². The van der Waals surface area contributed by atoms with E-state index in [4.69, 9.17) is 37.8 Å². The number of benzene rings is 2. The minimum atomic E-state index is -0.725. The van der Waals surface area contributed by atoms with E-state index in [0.29, 0.717) is 29.7 Å². The van der Waals surface area contributed by atoms with Crippen LogP contribution in [0.2, 0.25) is 10.0 Å². The Morgan fingerprint density at radius 1 is 1.21 bits per heavy atom. The van der Waals surface area contributed by atoms with Crippen LogP contribution in [0.3, 0.4) is 0 Å². The zero-order chi connectivity index (χ0) is 22.7. The van der Waals surface area contributed by atoms with Crippen molar-refractivity contribution in [3.05, 3.63) is 57.1 Å². The van der Waals surface area contributed by atoms with Crippen molar-refractivity contribution in [3.8, 4) is 11.5 Å². The summed E-state index contributed by atoms with van der Waals surface area (Å²) < 4.78 is 12.1. The number of ether oxygens (including phenoxy) is 2. The Labute approximate surface area is 211 Å². The Balaban J connectivity index is 0.00000306. The van der Waals surface area contributed by atoms with Gasteiger partial charge in [0.15, 0.2) is 0 Å². The molecule has 0 saturated carbocycles. The number of hydrogen-bond donors (Lipinski definition) is 1. The third-order valence-electron chi connectivity index (χ3n) is 6.74. The quantitative estimate of drug-likeness (QED) is 0.458. The molecule has 1 saturated heterocycles. The predicted molar refractivity (Wildman–Crippen MR) is 134 cm³/mol. The van der Waals surface area contributed by atoms with Gasteiger partial charge in [0.1, 0.15) is 18.1 Å². The molecule has 2 heterocycles. The van der Waals surface area contributed by atoms with Gasteiger partial charge < -0.3 is 19.5 Å². The van der Waals surface area contributed by atoms with E-state index in [2.05, 4.69) is 17.9 Å². The highest BCUT2D eigenvalue weighted by molar-refractivity contribution is 6.36. The fourth-order valence-electron chi connectivity index (χ4n) is 4.72. The number of likely N-dealkylation sites (tertiary alicyclic amines) is 1. The number of piperidine rings is 1. The normalized spacial score (nSPS) is 16.7. The predicted octanol–water partition coefficient (Wildman–Crippen LogP) is 6.15. The van der Waals surface area contributed by atoms with Gasteiger partial charge in [0.25, 0.3) is 0 Å². The summed E-state index contributed by atoms with van der Waals surface area (Å²) in [7, 11) is 0. The third kappa shape index (κ3) is 5.71. The van der Waals surface area contributed by atoms with Crippen LogP contribution in [0.4, 0.5) is 0 Å². The van der Waals surface area contributed by atoms with Gasteiger partial charge in [0, 0.05) is 34.1 Å². The number of rotatable bonds is 8. The smallest absolute Gasteiger partial charge is 0.303 e. The molecule has 33 heavy (non-hydrogen) atoms. The molecule has 0 unspecified atom stereocenters. The maximum Gasteiger partial charge on any atom is 0.303 e. The van der Waals surface area contributed by atoms with Gasteiger partial charge in [-0.05, 0) is 63.0 Å². The second-order valence-corrected chi connectivity index (χ2v) is 9.49. The standard InChI is InChI=1S/C25H29Cl2NO4.ClH/c1-2-17-5-8-21(26)19(24(17)27)15-31-18-6-7-20-22(14-18)32-16-25(20)9-12-28(13-10-25)11-3-4-23(29)30;/h5-8,14H,2-4,9-13,15-16H2,1H3,(H,29,30);1H. The molecule has 2 aliphatic heterocycles. The van der Waals surface area contributed by atoms with E-state index in [-0.39, 0.29) is 24.2 Å². The number of aliphatic carboxylic acids is 1. The van der Waals surface area contributed by atoms with Crippen molar-refractivity contribution in [1.82, 2.24) is 4.90 Å². The Kier molecular flexibility index (Phi) is 8.79. The summed E-state index contributed by atoms with van der Waals surface area (Å²) in [4.78, 5) is 13.1. The minimum absolute atomic E-state index is 0. The van der Waals surface area contributed by atoms with E-state index in [1.807, 2.05) is 24.3 Å². The van der Waals surface area contributed by atoms with Gasteiger partial charge >= 0.3 is 5.97 Å². The third-order valence-corrected chi connectivity index (χ3v) is 7.56. The Morgan fingerprint density at radius 3 is 2.67 bits per heavy atom. The molecule has 4 rings (SSSR count). The molecule has 5 nitrogen and oxygen atoms in total. The van der Waals surface area contributed by atoms with Crippen molar-refractivity contribution < 1.29 is 19.4 Å². The number of hydrogen-bond acceptors (Lipinski definition) is 4. The highest BCUT2D eigenvalue weighted by Gasteiger charge is 2.43. The van der Waals surface area contributed by atoms with Gasteiger partial charge in [-0.2, -0.15) is 0 Å². The first-order chi connectivity index (χ1) is 15.4. The van der Waals surface area contributed by atoms with Gasteiger partial charge in [-0.1, -0.05) is 42.3 Å². The van der Waals surface area contributed by atoms with Gasteiger partial charge in [0.2, 0.25) is 0 Å². The van der Waals surface area contributed by atoms with Crippen LogP contribution in [-0.2, 0) is 23.2 Å². The molecule has 2 aromatic carbocycles. The van der Waals surface area contributed by atoms with E-state index in [1.165, 1.54) is 5.56 Å². The van der Waals surface area contributed by atoms with Crippen molar-refractivity contribution in [3.63, 3.8) is 0 Å². The first-order valence-electron chi connectivity index (χ1n) is 11.2. The molecule has 180 valence electrons. The molecule has 8 heteroatoms. The lowest BCUT2D eigenvalue weighted by atomic mass is 9.74. The maximum absolute atomic E-state index is 10.7. The molecule has 2 aliphatic rings. The fraction of sp³-hybridized carbons (Fsp3) is 0.480. The Morgan fingerprint density at radius 2 is 1.97 bits per heavy atom. The summed E-state index contributed by atoms with van der Waals surface area (Å²) in [6.07, 6.45) is 3.81. The second-order valence-electron chi connectivity index (χ2n) is 8.71. The topological polar surface area (TPSA) is 59.0 Å². The molecule has 0 bridgehead atoms. The van der Waals surface area contributed by atoms with Gasteiger partial charge in [0.05, 0.1) is 11.6 Å². The summed E-state index contributed by atoms with van der Waals surface area (Å²) in [5.74, 6) is 0.902. The molecule has 2 aromatic rings. The summed E-state index contributed by atoms with van der Waals surface area (Å²) in [5, 5.41) is 10.1.